The highest BCUT2D eigenvalue weighted by Crippen LogP contribution is 2.66. The van der Waals surface area contributed by atoms with Gasteiger partial charge in [0.2, 0.25) is 5.69 Å². The van der Waals surface area contributed by atoms with E-state index in [1.807, 2.05) is 0 Å². The molecule has 65 heavy (non-hydrogen) atoms. The molecule has 2 saturated carbocycles. The van der Waals surface area contributed by atoms with E-state index in [9.17, 15) is 26.3 Å². The van der Waals surface area contributed by atoms with Gasteiger partial charge >= 0.3 is 12.4 Å². The molecule has 2 unspecified atom stereocenters. The molecule has 1 saturated heterocycles. The Bertz CT molecular complexity index is 2220. The molecule has 3 aromatic rings. The summed E-state index contributed by atoms with van der Waals surface area (Å²) in [4.78, 5) is 8.54. The first-order valence-electron chi connectivity index (χ1n) is 19.1. The van der Waals surface area contributed by atoms with E-state index in [2.05, 4.69) is 51.0 Å². The number of nitrogens with zero attached hydrogens (tertiary/aromatic N) is 7. The van der Waals surface area contributed by atoms with Gasteiger partial charge in [0.05, 0.1) is 67.2 Å². The molecule has 2 heterocycles. The molecule has 0 amide bonds. The van der Waals surface area contributed by atoms with Crippen molar-refractivity contribution in [3.05, 3.63) is 102 Å². The van der Waals surface area contributed by atoms with E-state index in [0.29, 0.717) is 18.5 Å². The van der Waals surface area contributed by atoms with Crippen LogP contribution in [0.4, 0.5) is 37.7 Å². The number of nitrogens with one attached hydrogen (secondary N) is 1. The molecule has 1 aromatic heterocycles. The fourth-order valence-electron chi connectivity index (χ4n) is 5.51. The number of hydrazone groups is 1. The molecular weight excluding hydrogens is 1050 g/mol. The quantitative estimate of drug-likeness (QED) is 0.0606. The van der Waals surface area contributed by atoms with E-state index in [1.165, 1.54) is 43.4 Å². The highest BCUT2D eigenvalue weighted by atomic mass is 35.5. The summed E-state index contributed by atoms with van der Waals surface area (Å²) in [5.74, 6) is 0. The zero-order chi connectivity index (χ0) is 49.8. The van der Waals surface area contributed by atoms with Gasteiger partial charge in [-0.05, 0) is 69.6 Å². The Morgan fingerprint density at radius 2 is 1.32 bits per heavy atom. The molecule has 3 fully saturated rings. The molecule has 9 nitrogen and oxygen atoms in total. The molecule has 1 N–H and O–H groups in total. The number of hydrogen-bond donors (Lipinski definition) is 1. The minimum Gasteiger partial charge on any atom is -0.381 e. The first-order chi connectivity index (χ1) is 30.0. The zero-order valence-electron chi connectivity index (χ0n) is 35.1. The average Bonchev–Trinajstić information content (AvgIpc) is 3.65. The maximum absolute atomic E-state index is 12.8. The van der Waals surface area contributed by atoms with Crippen molar-refractivity contribution in [1.82, 2.24) is 14.7 Å². The number of benzene rings is 2. The van der Waals surface area contributed by atoms with E-state index >= 15 is 0 Å². The topological polar surface area (TPSA) is 87.2 Å². The van der Waals surface area contributed by atoms with Crippen LogP contribution in [0.3, 0.4) is 0 Å². The Hall–Kier alpha value is -2.56. The van der Waals surface area contributed by atoms with Crippen LogP contribution < -0.4 is 5.43 Å². The van der Waals surface area contributed by atoms with Crippen molar-refractivity contribution in [1.29, 1.82) is 5.26 Å². The third-order valence-electron chi connectivity index (χ3n) is 9.91. The highest BCUT2D eigenvalue weighted by molar-refractivity contribution is 6.70. The van der Waals surface area contributed by atoms with Crippen molar-refractivity contribution in [2.24, 2.45) is 10.5 Å². The predicted molar refractivity (Wildman–Crippen MR) is 252 cm³/mol. The summed E-state index contributed by atoms with van der Waals surface area (Å²) >= 11 is 53.8. The van der Waals surface area contributed by atoms with Crippen LogP contribution in [0.5, 0.6) is 0 Å². The minimum atomic E-state index is -4.58. The van der Waals surface area contributed by atoms with Gasteiger partial charge < -0.3 is 9.64 Å². The number of aromatic nitrogens is 2. The van der Waals surface area contributed by atoms with Gasteiger partial charge in [-0.25, -0.2) is 14.4 Å². The number of allylic oxidation sites excluding steroid dienone is 1. The second-order valence-electron chi connectivity index (χ2n) is 14.5. The predicted octanol–water partition coefficient (Wildman–Crippen LogP) is 16.2. The van der Waals surface area contributed by atoms with Crippen LogP contribution in [0, 0.1) is 29.9 Å². The molecule has 2 aliphatic carbocycles. The standard InChI is InChI=1S/C15H8Cl4F3N3.C12H8Cl5F3N2.C6H15N.C4H2N2.C4H8O/c1-13(6-14(13,18)19)12-10(23-2)5-25(24-12)11-8(16)3-7(4-9(11)17)15(20,21)22;1-10(4-11(10,16)17)9(15)22-21-8-6(13)2-5(3-7(8)14)12(18,19)20;1-4-7(5-2)6-3;1-6-4-2-3-5;1-2-4-5-3-1/h3-5H,6H2,1H3;2-3,21H,4H2,1H3;4-6H2,1-3H3;2,4H;1-4H2/b;22-9-;;4-2+;. The first-order valence-corrected chi connectivity index (χ1v) is 22.5. The maximum atomic E-state index is 12.8. The lowest BCUT2D eigenvalue weighted by Gasteiger charge is -2.13. The molecule has 3 aliphatic rings. The summed E-state index contributed by atoms with van der Waals surface area (Å²) in [7, 11) is 0. The zero-order valence-corrected chi connectivity index (χ0v) is 41.9. The first kappa shape index (κ1) is 58.6. The monoisotopic (exact) mass is 1090 g/mol. The summed E-state index contributed by atoms with van der Waals surface area (Å²) in [6.45, 7) is 29.0. The van der Waals surface area contributed by atoms with Crippen molar-refractivity contribution in [3.63, 3.8) is 0 Å². The lowest BCUT2D eigenvalue weighted by Crippen LogP contribution is -2.21. The number of nitriles is 1. The van der Waals surface area contributed by atoms with Gasteiger partial charge in [0.1, 0.15) is 19.5 Å². The molecule has 0 radical (unpaired) electrons. The molecule has 24 heteroatoms. The van der Waals surface area contributed by atoms with Crippen molar-refractivity contribution in [3.8, 4) is 11.8 Å². The Kier molecular flexibility index (Phi) is 22.2. The van der Waals surface area contributed by atoms with Gasteiger partial charge in [0, 0.05) is 30.9 Å². The SMILES string of the molecule is C1CCOC1.CC1(/C(Cl)=N/Nc2c(Cl)cc(C(F)(F)F)cc2Cl)CC1(Cl)Cl.CCN(CC)CC.[C-]#[N+]/C=C/C#N.[C-]#[N+]c1cn(-c2c(Cl)cc(C(F)(F)F)cc2Cl)nc1C1(C)CC1(Cl)Cl. The normalized spacial score (nSPS) is 20.2. The fourth-order valence-corrected chi connectivity index (χ4v) is 8.53. The van der Waals surface area contributed by atoms with Crippen LogP contribution >= 0.6 is 104 Å². The molecule has 1 aliphatic heterocycles. The van der Waals surface area contributed by atoms with Crippen molar-refractivity contribution >= 4 is 121 Å². The smallest absolute Gasteiger partial charge is 0.381 e. The van der Waals surface area contributed by atoms with Crippen LogP contribution in [0.2, 0.25) is 20.1 Å². The number of alkyl halides is 10. The summed E-state index contributed by atoms with van der Waals surface area (Å²) in [6, 6.07) is 4.67. The van der Waals surface area contributed by atoms with Gasteiger partial charge in [-0.3, -0.25) is 5.43 Å². The third kappa shape index (κ3) is 16.0. The van der Waals surface area contributed by atoms with E-state index in [0.717, 1.165) is 49.8 Å². The Balaban J connectivity index is 0.000000326. The maximum Gasteiger partial charge on any atom is 0.416 e. The Morgan fingerprint density at radius 1 is 0.877 bits per heavy atom. The molecule has 6 rings (SSSR count). The Labute approximate surface area is 419 Å². The van der Waals surface area contributed by atoms with Crippen LogP contribution in [-0.2, 0) is 22.5 Å². The highest BCUT2D eigenvalue weighted by Gasteiger charge is 2.66. The van der Waals surface area contributed by atoms with Gasteiger partial charge in [0.15, 0.2) is 6.20 Å². The lowest BCUT2D eigenvalue weighted by atomic mass is 10.1. The molecule has 356 valence electrons. The van der Waals surface area contributed by atoms with E-state index in [-0.39, 0.29) is 42.3 Å². The fraction of sp³-hybridized carbons (Fsp3) is 0.488. The van der Waals surface area contributed by atoms with E-state index in [4.69, 9.17) is 128 Å². The van der Waals surface area contributed by atoms with Crippen molar-refractivity contribution < 1.29 is 31.1 Å². The molecule has 2 aromatic carbocycles. The summed E-state index contributed by atoms with van der Waals surface area (Å²) in [5, 5.41) is 15.0. The third-order valence-corrected chi connectivity index (χ3v) is 13.8. The number of halogens is 15. The Morgan fingerprint density at radius 3 is 1.62 bits per heavy atom. The van der Waals surface area contributed by atoms with E-state index < -0.39 is 43.0 Å². The number of anilines is 1. The lowest BCUT2D eigenvalue weighted by molar-refractivity contribution is -0.138. The van der Waals surface area contributed by atoms with Crippen LogP contribution in [0.15, 0.2) is 47.8 Å². The van der Waals surface area contributed by atoms with Gasteiger partial charge in [-0.15, -0.1) is 46.4 Å². The average molecular weight is 1090 g/mol. The van der Waals surface area contributed by atoms with Crippen molar-refractivity contribution in [2.45, 2.75) is 86.7 Å². The van der Waals surface area contributed by atoms with Crippen LogP contribution in [0.25, 0.3) is 15.4 Å². The van der Waals surface area contributed by atoms with E-state index in [1.54, 1.807) is 19.9 Å². The largest absolute Gasteiger partial charge is 0.416 e. The molecule has 0 spiro atoms. The van der Waals surface area contributed by atoms with Crippen LogP contribution in [0.1, 0.15) is 77.1 Å². The number of hydrogen-bond acceptors (Lipinski definition) is 6. The number of rotatable bonds is 8. The summed E-state index contributed by atoms with van der Waals surface area (Å²) in [5.41, 5.74) is -0.358. The van der Waals surface area contributed by atoms with Crippen LogP contribution in [-0.4, -0.2) is 61.4 Å². The minimum absolute atomic E-state index is 0.00785. The molecular formula is C41H41Cl9F6N8O. The summed E-state index contributed by atoms with van der Waals surface area (Å²) in [6.07, 6.45) is -2.19. The molecule has 0 bridgehead atoms. The van der Waals surface area contributed by atoms with Crippen molar-refractivity contribution in [2.75, 3.05) is 38.3 Å². The van der Waals surface area contributed by atoms with Gasteiger partial charge in [-0.2, -0.15) is 41.8 Å². The van der Waals surface area contributed by atoms with Gasteiger partial charge in [-0.1, -0.05) is 92.6 Å². The molecule has 2 atom stereocenters. The van der Waals surface area contributed by atoms with Gasteiger partial charge in [0.25, 0.3) is 0 Å². The second kappa shape index (κ2) is 24.6. The number of ether oxygens (including phenoxy) is 1. The second-order valence-corrected chi connectivity index (χ2v) is 19.4. The summed E-state index contributed by atoms with van der Waals surface area (Å²) < 4.78 is 80.5.